The fourth-order valence-electron chi connectivity index (χ4n) is 13.1. The summed E-state index contributed by atoms with van der Waals surface area (Å²) in [5, 5.41) is 7.64. The molecule has 2 saturated heterocycles. The number of hydrogen-bond acceptors (Lipinski definition) is 12. The van der Waals surface area contributed by atoms with Crippen molar-refractivity contribution in [2.24, 2.45) is 0 Å². The van der Waals surface area contributed by atoms with Gasteiger partial charge in [0.15, 0.2) is 46.2 Å². The Morgan fingerprint density at radius 3 is 1.30 bits per heavy atom. The van der Waals surface area contributed by atoms with Crippen LogP contribution in [0.15, 0.2) is 190 Å². The number of hydrogen-bond donors (Lipinski definition) is 0. The van der Waals surface area contributed by atoms with Crippen molar-refractivity contribution in [3.05, 3.63) is 269 Å². The molecule has 8 heterocycles. The van der Waals surface area contributed by atoms with Gasteiger partial charge in [-0.3, -0.25) is 38.5 Å². The Morgan fingerprint density at radius 2 is 0.864 bits per heavy atom. The molecular weight excluding hydrogens is 1170 g/mol. The molecule has 10 aromatic rings. The molecule has 440 valence electrons. The highest BCUT2D eigenvalue weighted by atomic mass is 32.1. The summed E-state index contributed by atoms with van der Waals surface area (Å²) in [4.78, 5) is 59.9. The quantitative estimate of drug-likeness (QED) is 0.136. The first-order valence-corrected chi connectivity index (χ1v) is 30.3. The third kappa shape index (κ3) is 8.94. The van der Waals surface area contributed by atoms with E-state index < -0.39 is 58.5 Å². The van der Waals surface area contributed by atoms with Crippen molar-refractivity contribution in [1.29, 1.82) is 0 Å². The maximum atomic E-state index is 15.9. The van der Waals surface area contributed by atoms with Crippen LogP contribution < -0.4 is 30.3 Å². The highest BCUT2D eigenvalue weighted by Gasteiger charge is 2.49. The van der Waals surface area contributed by atoms with Crippen LogP contribution in [0.4, 0.5) is 17.6 Å². The maximum absolute atomic E-state index is 15.9. The third-order valence-electron chi connectivity index (χ3n) is 17.0. The van der Waals surface area contributed by atoms with Gasteiger partial charge in [0, 0.05) is 69.6 Å². The highest BCUT2D eigenvalue weighted by Crippen LogP contribution is 2.53. The Bertz CT molecular complexity index is 4270. The van der Waals surface area contributed by atoms with Crippen LogP contribution in [0.3, 0.4) is 0 Å². The molecule has 2 amide bonds. The van der Waals surface area contributed by atoms with Crippen molar-refractivity contribution in [3.63, 3.8) is 0 Å². The number of thiophene rings is 2. The zero-order chi connectivity index (χ0) is 59.9. The summed E-state index contributed by atoms with van der Waals surface area (Å²) in [7, 11) is 0. The van der Waals surface area contributed by atoms with Gasteiger partial charge in [0.2, 0.25) is 10.9 Å². The molecule has 16 rings (SSSR count). The van der Waals surface area contributed by atoms with Crippen molar-refractivity contribution < 1.29 is 46.1 Å². The number of ether oxygens (including phenoxy) is 4. The Balaban J connectivity index is 0.000000148. The maximum Gasteiger partial charge on any atom is 0.278 e. The molecular formula is C68H50F4N6O8S2. The molecule has 0 bridgehead atoms. The number of fused-ring (bicyclic) bond motifs is 14. The predicted molar refractivity (Wildman–Crippen MR) is 325 cm³/mol. The van der Waals surface area contributed by atoms with Gasteiger partial charge in [0.25, 0.3) is 11.8 Å². The standard InChI is InChI=1S/2C34H25F2N3O4S/c2*35-25-11-10-23-28(29(25)36)24-13-17-44-33(24)22-9-5-4-8-21(22)30(23)39-27-19-42-16-15-37(27)34(41)31-32(26(40)12-14-38(31)39)43-18-20-6-2-1-3-7-20/h2*1-14,17,27,30H,15-16,18-19H2/t27-,30-;/m1./s1. The van der Waals surface area contributed by atoms with E-state index in [0.29, 0.717) is 35.5 Å². The number of benzene rings is 6. The number of nitrogens with zero attached hydrogens (tertiary/aromatic N) is 6. The van der Waals surface area contributed by atoms with Gasteiger partial charge in [-0.15, -0.1) is 22.7 Å². The first-order valence-electron chi connectivity index (χ1n) is 28.5. The molecule has 2 fully saturated rings. The molecule has 4 aromatic heterocycles. The summed E-state index contributed by atoms with van der Waals surface area (Å²) >= 11 is 2.92. The topological polar surface area (TPSA) is 128 Å². The summed E-state index contributed by atoms with van der Waals surface area (Å²) in [6.07, 6.45) is 1.89. The number of amides is 2. The molecule has 4 aliphatic heterocycles. The minimum absolute atomic E-state index is 0.0668. The third-order valence-corrected chi connectivity index (χ3v) is 18.9. The van der Waals surface area contributed by atoms with Crippen LogP contribution in [-0.2, 0) is 22.7 Å². The van der Waals surface area contributed by atoms with Crippen molar-refractivity contribution in [3.8, 4) is 54.6 Å². The van der Waals surface area contributed by atoms with E-state index >= 15 is 8.78 Å². The fourth-order valence-corrected chi connectivity index (χ4v) is 15.0. The smallest absolute Gasteiger partial charge is 0.278 e. The van der Waals surface area contributed by atoms with Crippen molar-refractivity contribution in [1.82, 2.24) is 19.2 Å². The largest absolute Gasteiger partial charge is 0.482 e. The van der Waals surface area contributed by atoms with Gasteiger partial charge >= 0.3 is 0 Å². The Kier molecular flexibility index (Phi) is 13.9. The molecule has 6 aromatic carbocycles. The number of morpholine rings is 2. The monoisotopic (exact) mass is 1220 g/mol. The second-order valence-electron chi connectivity index (χ2n) is 21.8. The average molecular weight is 1220 g/mol. The minimum Gasteiger partial charge on any atom is -0.482 e. The number of carbonyl (C=O) groups is 2. The molecule has 0 saturated carbocycles. The van der Waals surface area contributed by atoms with E-state index in [9.17, 15) is 28.0 Å². The number of aromatic nitrogens is 2. The number of pyridine rings is 2. The second kappa shape index (κ2) is 22.3. The Labute approximate surface area is 508 Å². The molecule has 0 N–H and O–H groups in total. The molecule has 0 radical (unpaired) electrons. The number of rotatable bonds is 8. The highest BCUT2D eigenvalue weighted by molar-refractivity contribution is 7.14. The van der Waals surface area contributed by atoms with Crippen molar-refractivity contribution in [2.75, 3.05) is 49.5 Å². The summed E-state index contributed by atoms with van der Waals surface area (Å²) in [6.45, 7) is 1.75. The molecule has 0 spiro atoms. The van der Waals surface area contributed by atoms with E-state index in [1.807, 2.05) is 142 Å². The van der Waals surface area contributed by atoms with Crippen LogP contribution in [0.1, 0.15) is 66.4 Å². The molecule has 4 atom stereocenters. The molecule has 14 nitrogen and oxygen atoms in total. The van der Waals surface area contributed by atoms with Crippen molar-refractivity contribution in [2.45, 2.75) is 37.6 Å². The molecule has 2 aliphatic carbocycles. The van der Waals surface area contributed by atoms with E-state index in [1.165, 1.54) is 34.8 Å². The van der Waals surface area contributed by atoms with E-state index in [4.69, 9.17) is 18.9 Å². The normalized spacial score (nSPS) is 18.5. The minimum atomic E-state index is -0.942. The summed E-state index contributed by atoms with van der Waals surface area (Å²) in [5.41, 5.74) is 7.04. The average Bonchev–Trinajstić information content (AvgIpc) is 1.27. The van der Waals surface area contributed by atoms with Gasteiger partial charge in [0.1, 0.15) is 25.5 Å². The van der Waals surface area contributed by atoms with E-state index in [0.717, 1.165) is 55.3 Å². The summed E-state index contributed by atoms with van der Waals surface area (Å²) < 4.78 is 88.9. The first kappa shape index (κ1) is 55.0. The van der Waals surface area contributed by atoms with Crippen LogP contribution in [-0.4, -0.2) is 82.8 Å². The number of carbonyl (C=O) groups excluding carboxylic acids is 2. The second-order valence-corrected chi connectivity index (χ2v) is 23.6. The number of halogens is 4. The van der Waals surface area contributed by atoms with Crippen LogP contribution in [0.5, 0.6) is 11.5 Å². The van der Waals surface area contributed by atoms with Crippen LogP contribution in [0.2, 0.25) is 0 Å². The summed E-state index contributed by atoms with van der Waals surface area (Å²) in [6, 6.07) is 44.8. The Morgan fingerprint density at radius 1 is 0.455 bits per heavy atom. The molecule has 88 heavy (non-hydrogen) atoms. The molecule has 20 heteroatoms. The SMILES string of the molecule is O=C1c2c(OCc3ccccc3)c(=O)ccn2N(C2c3ccccc3-c3sccc3-c3c2ccc(F)c3F)C2COCCN12.O=C1c2c(OCc3ccccc3)c(=O)ccn2N([C@@H]2c3ccccc3-c3sccc3-c3c2ccc(F)c3F)[C@@H]2COCCN12. The molecule has 2 unspecified atom stereocenters. The van der Waals surface area contributed by atoms with E-state index in [-0.39, 0.29) is 85.3 Å². The Hall–Kier alpha value is -9.60. The van der Waals surface area contributed by atoms with Gasteiger partial charge in [-0.05, 0) is 79.5 Å². The molecule has 6 aliphatic rings. The fraction of sp³-hybridized carbons (Fsp3) is 0.176. The van der Waals surface area contributed by atoms with E-state index in [2.05, 4.69) is 0 Å². The zero-order valence-electron chi connectivity index (χ0n) is 46.6. The van der Waals surface area contributed by atoms with Crippen molar-refractivity contribution >= 4 is 34.5 Å². The van der Waals surface area contributed by atoms with Crippen LogP contribution in [0.25, 0.3) is 43.1 Å². The first-order chi connectivity index (χ1) is 43.0. The van der Waals surface area contributed by atoms with Crippen LogP contribution in [0, 0.1) is 23.3 Å². The van der Waals surface area contributed by atoms with Gasteiger partial charge in [-0.25, -0.2) is 17.6 Å². The van der Waals surface area contributed by atoms with E-state index in [1.54, 1.807) is 43.7 Å². The predicted octanol–water partition coefficient (Wildman–Crippen LogP) is 11.9. The summed E-state index contributed by atoms with van der Waals surface area (Å²) in [5.74, 6) is -4.60. The lowest BCUT2D eigenvalue weighted by Gasteiger charge is -2.51. The lowest BCUT2D eigenvalue weighted by Crippen LogP contribution is -2.66. The lowest BCUT2D eigenvalue weighted by molar-refractivity contribution is -0.0198. The van der Waals surface area contributed by atoms with Gasteiger partial charge in [-0.2, -0.15) is 0 Å². The zero-order valence-corrected chi connectivity index (χ0v) is 48.2. The van der Waals surface area contributed by atoms with Crippen LogP contribution >= 0.6 is 22.7 Å². The lowest BCUT2D eigenvalue weighted by atomic mass is 9.92. The van der Waals surface area contributed by atoms with Gasteiger partial charge < -0.3 is 28.7 Å². The van der Waals surface area contributed by atoms with Gasteiger partial charge in [0.05, 0.1) is 38.5 Å². The van der Waals surface area contributed by atoms with Gasteiger partial charge in [-0.1, -0.05) is 121 Å².